The molecule has 4 heterocycles. The van der Waals surface area contributed by atoms with Crippen LogP contribution in [0.3, 0.4) is 0 Å². The van der Waals surface area contributed by atoms with Crippen LogP contribution in [0.1, 0.15) is 29.6 Å². The molecular weight excluding hydrogens is 499 g/mol. The number of carbonyl (C=O) groups is 1. The van der Waals surface area contributed by atoms with Gasteiger partial charge in [0.2, 0.25) is 0 Å². The van der Waals surface area contributed by atoms with Crippen molar-refractivity contribution >= 4 is 11.6 Å². The summed E-state index contributed by atoms with van der Waals surface area (Å²) in [6.45, 7) is 7.01. The topological polar surface area (TPSA) is 104 Å². The number of amides is 1. The first-order valence-corrected chi connectivity index (χ1v) is 14.1. The molecule has 3 aromatic rings. The van der Waals surface area contributed by atoms with E-state index >= 15 is 0 Å². The second-order valence-electron chi connectivity index (χ2n) is 10.6. The molecule has 0 bridgehead atoms. The predicted molar refractivity (Wildman–Crippen MR) is 145 cm³/mol. The molecule has 0 spiro atoms. The molecule has 0 unspecified atom stereocenters. The lowest BCUT2D eigenvalue weighted by Crippen LogP contribution is -2.89. The zero-order chi connectivity index (χ0) is 26.6. The van der Waals surface area contributed by atoms with E-state index in [9.17, 15) is 9.18 Å². The number of rotatable bonds is 7. The molecule has 3 saturated heterocycles. The minimum Gasteiger partial charge on any atom is -0.490 e. The van der Waals surface area contributed by atoms with Crippen LogP contribution in [-0.2, 0) is 0 Å². The van der Waals surface area contributed by atoms with Crippen LogP contribution in [-0.4, -0.2) is 85.6 Å². The lowest BCUT2D eigenvalue weighted by atomic mass is 10.0. The van der Waals surface area contributed by atoms with Crippen molar-refractivity contribution in [1.29, 1.82) is 0 Å². The monoisotopic (exact) mass is 536 g/mol. The summed E-state index contributed by atoms with van der Waals surface area (Å²) in [5, 5.41) is 11.5. The summed E-state index contributed by atoms with van der Waals surface area (Å²) in [5.41, 5.74) is 3.26. The Morgan fingerprint density at radius 1 is 0.949 bits per heavy atom. The fraction of sp³-hybridized carbons (Fsp3) is 0.448. The SMILES string of the molecule is O=C(c1ccc(O[C@H]2CC[NH2+]C2)c(-c2cn[nH]c2)c1)N1CCC(Oc2cc(F)cc(N3CC[NH2+]CC3)c2)CC1. The Kier molecular flexibility index (Phi) is 7.64. The molecule has 9 nitrogen and oxygen atoms in total. The van der Waals surface area contributed by atoms with Crippen molar-refractivity contribution in [1.82, 2.24) is 15.1 Å². The van der Waals surface area contributed by atoms with Crippen molar-refractivity contribution in [3.63, 3.8) is 0 Å². The number of nitrogens with zero attached hydrogens (tertiary/aromatic N) is 3. The normalized spacial score (nSPS) is 20.3. The van der Waals surface area contributed by atoms with Crippen LogP contribution >= 0.6 is 0 Å². The molecule has 1 aromatic heterocycles. The molecule has 10 heteroatoms. The fourth-order valence-electron chi connectivity index (χ4n) is 5.76. The highest BCUT2D eigenvalue weighted by atomic mass is 19.1. The minimum atomic E-state index is -0.281. The van der Waals surface area contributed by atoms with Gasteiger partial charge in [-0.15, -0.1) is 0 Å². The maximum absolute atomic E-state index is 14.4. The van der Waals surface area contributed by atoms with Gasteiger partial charge >= 0.3 is 0 Å². The maximum Gasteiger partial charge on any atom is 0.253 e. The van der Waals surface area contributed by atoms with Crippen molar-refractivity contribution in [2.45, 2.75) is 31.5 Å². The van der Waals surface area contributed by atoms with Crippen molar-refractivity contribution in [3.05, 3.63) is 60.2 Å². The molecule has 6 rings (SSSR count). The van der Waals surface area contributed by atoms with Crippen molar-refractivity contribution in [3.8, 4) is 22.6 Å². The van der Waals surface area contributed by atoms with E-state index in [0.29, 0.717) is 37.2 Å². The first-order valence-electron chi connectivity index (χ1n) is 14.1. The number of hydrogen-bond acceptors (Lipinski definition) is 5. The number of piperidine rings is 1. The Balaban J connectivity index is 1.10. The van der Waals surface area contributed by atoms with Gasteiger partial charge in [0.15, 0.2) is 6.10 Å². The van der Waals surface area contributed by atoms with E-state index in [1.54, 1.807) is 12.3 Å². The third-order valence-corrected chi connectivity index (χ3v) is 7.91. The Bertz CT molecular complexity index is 1270. The van der Waals surface area contributed by atoms with E-state index in [-0.39, 0.29) is 23.9 Å². The number of halogens is 1. The van der Waals surface area contributed by atoms with Crippen molar-refractivity contribution in [2.24, 2.45) is 0 Å². The van der Waals surface area contributed by atoms with Gasteiger partial charge in [0.05, 0.1) is 38.9 Å². The number of quaternary nitrogens is 2. The fourth-order valence-corrected chi connectivity index (χ4v) is 5.76. The van der Waals surface area contributed by atoms with Crippen molar-refractivity contribution < 1.29 is 29.3 Å². The summed E-state index contributed by atoms with van der Waals surface area (Å²) in [6, 6.07) is 10.7. The molecule has 3 aliphatic heterocycles. The van der Waals surface area contributed by atoms with Crippen LogP contribution in [0.15, 0.2) is 48.8 Å². The number of hydrogen-bond donors (Lipinski definition) is 3. The van der Waals surface area contributed by atoms with E-state index in [1.807, 2.05) is 35.4 Å². The van der Waals surface area contributed by atoms with Gasteiger partial charge in [0, 0.05) is 73.1 Å². The van der Waals surface area contributed by atoms with Crippen LogP contribution in [0, 0.1) is 5.82 Å². The van der Waals surface area contributed by atoms with E-state index < -0.39 is 0 Å². The van der Waals surface area contributed by atoms with Gasteiger partial charge in [-0.1, -0.05) is 0 Å². The molecule has 5 N–H and O–H groups in total. The molecule has 2 aromatic carbocycles. The number of benzene rings is 2. The summed E-state index contributed by atoms with van der Waals surface area (Å²) in [5.74, 6) is 1.05. The molecule has 1 amide bonds. The molecule has 206 valence electrons. The number of nitrogens with two attached hydrogens (primary N) is 2. The van der Waals surface area contributed by atoms with Gasteiger partial charge in [-0.2, -0.15) is 5.10 Å². The summed E-state index contributed by atoms with van der Waals surface area (Å²) < 4.78 is 26.9. The van der Waals surface area contributed by atoms with E-state index in [4.69, 9.17) is 9.47 Å². The summed E-state index contributed by atoms with van der Waals surface area (Å²) >= 11 is 0. The summed E-state index contributed by atoms with van der Waals surface area (Å²) in [7, 11) is 0. The predicted octanol–water partition coefficient (Wildman–Crippen LogP) is 0.997. The first-order chi connectivity index (χ1) is 19.1. The highest BCUT2D eigenvalue weighted by molar-refractivity contribution is 5.96. The van der Waals surface area contributed by atoms with Crippen LogP contribution in [0.4, 0.5) is 10.1 Å². The van der Waals surface area contributed by atoms with Gasteiger partial charge in [0.1, 0.15) is 30.0 Å². The van der Waals surface area contributed by atoms with Crippen LogP contribution in [0.25, 0.3) is 11.1 Å². The highest BCUT2D eigenvalue weighted by Crippen LogP contribution is 2.33. The standard InChI is InChI=1S/C29H35FN6O3/c30-22-14-23(35-11-7-31-8-12-35)16-26(15-22)38-24-4-9-36(10-5-24)29(37)20-1-2-28(39-25-3-6-32-19-25)27(13-20)21-17-33-34-18-21/h1-2,13-18,24-25,31-32H,3-12,19H2,(H,33,34)/p+2/t25-/m0/s1. The average Bonchev–Trinajstić information content (AvgIpc) is 3.69. The smallest absolute Gasteiger partial charge is 0.253 e. The minimum absolute atomic E-state index is 0.00566. The lowest BCUT2D eigenvalue weighted by molar-refractivity contribution is -0.655. The molecule has 0 aliphatic carbocycles. The first kappa shape index (κ1) is 25.6. The van der Waals surface area contributed by atoms with Gasteiger partial charge in [-0.25, -0.2) is 4.39 Å². The number of ether oxygens (including phenoxy) is 2. The quantitative estimate of drug-likeness (QED) is 0.418. The number of aromatic nitrogens is 2. The zero-order valence-corrected chi connectivity index (χ0v) is 22.2. The second kappa shape index (κ2) is 11.6. The van der Waals surface area contributed by atoms with Crippen LogP contribution in [0.2, 0.25) is 0 Å². The highest BCUT2D eigenvalue weighted by Gasteiger charge is 2.27. The largest absolute Gasteiger partial charge is 0.490 e. The number of carbonyl (C=O) groups excluding carboxylic acids is 1. The van der Waals surface area contributed by atoms with Gasteiger partial charge in [0.25, 0.3) is 5.91 Å². The Labute approximate surface area is 227 Å². The molecular formula is C29H37FN6O3+2. The van der Waals surface area contributed by atoms with E-state index in [0.717, 1.165) is 68.3 Å². The molecule has 1 atom stereocenters. The van der Waals surface area contributed by atoms with Crippen LogP contribution < -0.4 is 25.0 Å². The summed E-state index contributed by atoms with van der Waals surface area (Å²) in [6.07, 6.45) is 6.09. The summed E-state index contributed by atoms with van der Waals surface area (Å²) in [4.78, 5) is 17.5. The number of likely N-dealkylation sites (tertiary alicyclic amines) is 1. The number of piperazine rings is 1. The molecule has 0 radical (unpaired) electrons. The van der Waals surface area contributed by atoms with E-state index in [1.165, 1.54) is 6.07 Å². The molecule has 3 aliphatic rings. The number of aromatic amines is 1. The zero-order valence-electron chi connectivity index (χ0n) is 22.2. The van der Waals surface area contributed by atoms with E-state index in [2.05, 4.69) is 25.7 Å². The number of anilines is 1. The Morgan fingerprint density at radius 3 is 2.54 bits per heavy atom. The third-order valence-electron chi connectivity index (χ3n) is 7.91. The van der Waals surface area contributed by atoms with Gasteiger partial charge in [-0.05, 0) is 24.3 Å². The lowest BCUT2D eigenvalue weighted by Gasteiger charge is -2.33. The Hall–Kier alpha value is -3.63. The maximum atomic E-state index is 14.4. The van der Waals surface area contributed by atoms with Crippen LogP contribution in [0.5, 0.6) is 11.5 Å². The number of H-pyrrole nitrogens is 1. The molecule has 3 fully saturated rings. The molecule has 39 heavy (non-hydrogen) atoms. The van der Waals surface area contributed by atoms with Gasteiger partial charge < -0.3 is 29.9 Å². The Morgan fingerprint density at radius 2 is 1.79 bits per heavy atom. The van der Waals surface area contributed by atoms with Crippen molar-refractivity contribution in [2.75, 3.05) is 57.3 Å². The number of nitrogens with one attached hydrogen (secondary N) is 1. The second-order valence-corrected chi connectivity index (χ2v) is 10.6. The van der Waals surface area contributed by atoms with Gasteiger partial charge in [-0.3, -0.25) is 9.89 Å². The third kappa shape index (κ3) is 6.02. The average molecular weight is 537 g/mol. The molecule has 0 saturated carbocycles.